The second-order valence-electron chi connectivity index (χ2n) is 8.43. The van der Waals surface area contributed by atoms with Crippen LogP contribution in [0.15, 0.2) is 12.1 Å². The van der Waals surface area contributed by atoms with E-state index in [1.807, 2.05) is 26.0 Å². The molecular formula is C22H28N4O3S. The lowest BCUT2D eigenvalue weighted by Crippen LogP contribution is -2.53. The van der Waals surface area contributed by atoms with E-state index >= 15 is 0 Å². The van der Waals surface area contributed by atoms with Crippen LogP contribution in [0.2, 0.25) is 0 Å². The van der Waals surface area contributed by atoms with Crippen molar-refractivity contribution >= 4 is 34.0 Å². The van der Waals surface area contributed by atoms with Gasteiger partial charge in [-0.15, -0.1) is 0 Å². The Hall–Kier alpha value is -2.48. The number of nitrogens with one attached hydrogen (secondary N) is 1. The number of hydrogen-bond acceptors (Lipinski definition) is 6. The van der Waals surface area contributed by atoms with Crippen LogP contribution in [0, 0.1) is 19.3 Å². The minimum absolute atomic E-state index is 0.188. The zero-order chi connectivity index (χ0) is 21.5. The summed E-state index contributed by atoms with van der Waals surface area (Å²) >= 11 is 1.20. The quantitative estimate of drug-likeness (QED) is 0.767. The van der Waals surface area contributed by atoms with Gasteiger partial charge in [-0.25, -0.2) is 4.98 Å². The van der Waals surface area contributed by atoms with Crippen LogP contribution < -0.4 is 15.0 Å². The van der Waals surface area contributed by atoms with Crippen molar-refractivity contribution in [1.29, 1.82) is 0 Å². The van der Waals surface area contributed by atoms with Crippen molar-refractivity contribution in [3.05, 3.63) is 29.2 Å². The molecule has 8 heteroatoms. The van der Waals surface area contributed by atoms with Gasteiger partial charge in [0.15, 0.2) is 5.69 Å². The number of carbonyl (C=O) groups excluding carboxylic acids is 2. The van der Waals surface area contributed by atoms with E-state index in [1.165, 1.54) is 62.4 Å². The van der Waals surface area contributed by atoms with E-state index < -0.39 is 0 Å². The van der Waals surface area contributed by atoms with Gasteiger partial charge in [-0.2, -0.15) is 0 Å². The Morgan fingerprint density at radius 2 is 1.83 bits per heavy atom. The number of aryl methyl sites for hydroxylation is 2. The molecule has 1 spiro atoms. The number of pyridine rings is 1. The molecule has 2 fully saturated rings. The lowest BCUT2D eigenvalue weighted by Gasteiger charge is -2.47. The fourth-order valence-electron chi connectivity index (χ4n) is 4.87. The van der Waals surface area contributed by atoms with Crippen molar-refractivity contribution in [2.75, 3.05) is 12.0 Å². The molecule has 2 aliphatic carbocycles. The average Bonchev–Trinajstić information content (AvgIpc) is 3.33. The van der Waals surface area contributed by atoms with Gasteiger partial charge in [-0.1, -0.05) is 24.2 Å². The Morgan fingerprint density at radius 3 is 2.37 bits per heavy atom. The number of rotatable bonds is 5. The highest BCUT2D eigenvalue weighted by molar-refractivity contribution is 7.18. The van der Waals surface area contributed by atoms with E-state index in [0.717, 1.165) is 17.8 Å². The van der Waals surface area contributed by atoms with Crippen molar-refractivity contribution in [2.24, 2.45) is 5.41 Å². The first kappa shape index (κ1) is 20.8. The molecule has 30 heavy (non-hydrogen) atoms. The third-order valence-corrected chi connectivity index (χ3v) is 7.39. The lowest BCUT2D eigenvalue weighted by atomic mass is 9.63. The van der Waals surface area contributed by atoms with Gasteiger partial charge in [0.05, 0.1) is 12.8 Å². The predicted molar refractivity (Wildman–Crippen MR) is 117 cm³/mol. The van der Waals surface area contributed by atoms with E-state index in [9.17, 15) is 9.59 Å². The molecule has 160 valence electrons. The molecule has 4 rings (SSSR count). The maximum Gasteiger partial charge on any atom is 0.275 e. The molecule has 2 saturated carbocycles. The first-order valence-corrected chi connectivity index (χ1v) is 11.3. The van der Waals surface area contributed by atoms with Crippen LogP contribution in [0.25, 0.3) is 0 Å². The summed E-state index contributed by atoms with van der Waals surface area (Å²) in [5.41, 5.74) is 2.82. The number of ether oxygens (including phenoxy) is 1. The fraction of sp³-hybridized carbons (Fsp3) is 0.545. The van der Waals surface area contributed by atoms with Crippen LogP contribution in [0.3, 0.4) is 0 Å². The van der Waals surface area contributed by atoms with Gasteiger partial charge >= 0.3 is 0 Å². The molecule has 0 aromatic carbocycles. The number of amides is 2. The zero-order valence-electron chi connectivity index (χ0n) is 17.9. The van der Waals surface area contributed by atoms with E-state index in [0.29, 0.717) is 15.9 Å². The molecule has 1 atom stereocenters. The van der Waals surface area contributed by atoms with Crippen molar-refractivity contribution in [3.63, 3.8) is 0 Å². The SMILES string of the molecule is COc1sc(N(C(C)=O)c2cc(C)nc(C)c2)nc1C(=O)NC1CCC12CCCC2. The van der Waals surface area contributed by atoms with Gasteiger partial charge in [0, 0.05) is 24.4 Å². The number of hydrogen-bond donors (Lipinski definition) is 1. The molecule has 0 radical (unpaired) electrons. The molecule has 2 heterocycles. The Kier molecular flexibility index (Phi) is 5.53. The molecule has 7 nitrogen and oxygen atoms in total. The molecular weight excluding hydrogens is 400 g/mol. The van der Waals surface area contributed by atoms with Crippen LogP contribution >= 0.6 is 11.3 Å². The van der Waals surface area contributed by atoms with E-state index in [2.05, 4.69) is 15.3 Å². The van der Waals surface area contributed by atoms with E-state index in [1.54, 1.807) is 0 Å². The molecule has 0 bridgehead atoms. The molecule has 2 aromatic rings. The van der Waals surface area contributed by atoms with Gasteiger partial charge in [-0.3, -0.25) is 19.5 Å². The second-order valence-corrected chi connectivity index (χ2v) is 9.37. The minimum atomic E-state index is -0.226. The summed E-state index contributed by atoms with van der Waals surface area (Å²) in [6.07, 6.45) is 7.08. The Balaban J connectivity index is 1.62. The number of nitrogens with zero attached hydrogens (tertiary/aromatic N) is 3. The van der Waals surface area contributed by atoms with Gasteiger partial charge in [0.1, 0.15) is 0 Å². The summed E-state index contributed by atoms with van der Waals surface area (Å²) in [5.74, 6) is -0.414. The molecule has 0 saturated heterocycles. The second kappa shape index (κ2) is 7.98. The minimum Gasteiger partial charge on any atom is -0.485 e. The van der Waals surface area contributed by atoms with Crippen molar-refractivity contribution < 1.29 is 14.3 Å². The fourth-order valence-corrected chi connectivity index (χ4v) is 5.81. The maximum absolute atomic E-state index is 13.1. The Morgan fingerprint density at radius 1 is 1.17 bits per heavy atom. The normalized spacial score (nSPS) is 19.4. The molecule has 1 N–H and O–H groups in total. The van der Waals surface area contributed by atoms with Crippen LogP contribution in [-0.2, 0) is 4.79 Å². The van der Waals surface area contributed by atoms with Gasteiger partial charge in [-0.05, 0) is 57.1 Å². The number of anilines is 2. The summed E-state index contributed by atoms with van der Waals surface area (Å²) in [6, 6.07) is 3.87. The third kappa shape index (κ3) is 3.69. The van der Waals surface area contributed by atoms with Gasteiger partial charge < -0.3 is 10.1 Å². The highest BCUT2D eigenvalue weighted by atomic mass is 32.1. The number of thiazole rings is 1. The number of carbonyl (C=O) groups is 2. The zero-order valence-corrected chi connectivity index (χ0v) is 18.8. The van der Waals surface area contributed by atoms with E-state index in [4.69, 9.17) is 4.74 Å². The van der Waals surface area contributed by atoms with Crippen LogP contribution in [0.5, 0.6) is 5.06 Å². The van der Waals surface area contributed by atoms with E-state index in [-0.39, 0.29) is 29.0 Å². The molecule has 1 unspecified atom stereocenters. The molecule has 2 aliphatic rings. The first-order valence-electron chi connectivity index (χ1n) is 10.4. The lowest BCUT2D eigenvalue weighted by molar-refractivity contribution is -0.115. The monoisotopic (exact) mass is 428 g/mol. The smallest absolute Gasteiger partial charge is 0.275 e. The van der Waals surface area contributed by atoms with Crippen molar-refractivity contribution in [2.45, 2.75) is 65.3 Å². The highest BCUT2D eigenvalue weighted by Gasteiger charge is 2.49. The largest absolute Gasteiger partial charge is 0.485 e. The Bertz CT molecular complexity index is 961. The average molecular weight is 429 g/mol. The summed E-state index contributed by atoms with van der Waals surface area (Å²) in [4.78, 5) is 36.0. The van der Waals surface area contributed by atoms with Crippen molar-refractivity contribution in [3.8, 4) is 5.06 Å². The number of aromatic nitrogens is 2. The molecule has 2 amide bonds. The number of methoxy groups -OCH3 is 1. The highest BCUT2D eigenvalue weighted by Crippen LogP contribution is 2.53. The topological polar surface area (TPSA) is 84.4 Å². The summed E-state index contributed by atoms with van der Waals surface area (Å²) in [7, 11) is 1.52. The van der Waals surface area contributed by atoms with Crippen molar-refractivity contribution in [1.82, 2.24) is 15.3 Å². The van der Waals surface area contributed by atoms with Gasteiger partial charge in [0.2, 0.25) is 16.1 Å². The third-order valence-electron chi connectivity index (χ3n) is 6.39. The Labute approximate surface area is 180 Å². The van der Waals surface area contributed by atoms with Gasteiger partial charge in [0.25, 0.3) is 5.91 Å². The first-order chi connectivity index (χ1) is 14.3. The summed E-state index contributed by atoms with van der Waals surface area (Å²) < 4.78 is 5.46. The maximum atomic E-state index is 13.1. The van der Waals surface area contributed by atoms with Crippen LogP contribution in [0.4, 0.5) is 10.8 Å². The molecule has 0 aliphatic heterocycles. The summed E-state index contributed by atoms with van der Waals surface area (Å²) in [6.45, 7) is 5.25. The van der Waals surface area contributed by atoms with Crippen LogP contribution in [0.1, 0.15) is 67.3 Å². The van der Waals surface area contributed by atoms with Crippen LogP contribution in [-0.4, -0.2) is 34.9 Å². The summed E-state index contributed by atoms with van der Waals surface area (Å²) in [5, 5.41) is 4.02. The standard InChI is InChI=1S/C22H28N4O3S/c1-13-11-16(12-14(2)23-13)26(15(3)27)21-25-18(20(29-4)30-21)19(28)24-17-7-10-22(17)8-5-6-9-22/h11-12,17H,5-10H2,1-4H3,(H,24,28). The molecule has 2 aromatic heterocycles. The predicted octanol–water partition coefficient (Wildman–Crippen LogP) is 4.30.